The van der Waals surface area contributed by atoms with E-state index in [4.69, 9.17) is 23.7 Å². The van der Waals surface area contributed by atoms with E-state index < -0.39 is 18.5 Å². The summed E-state index contributed by atoms with van der Waals surface area (Å²) in [5.41, 5.74) is 0.185. The highest BCUT2D eigenvalue weighted by Crippen LogP contribution is 2.28. The highest BCUT2D eigenvalue weighted by molar-refractivity contribution is 5.91. The zero-order chi connectivity index (χ0) is 23.3. The molecule has 3 aromatic rings. The van der Waals surface area contributed by atoms with Gasteiger partial charge in [-0.1, -0.05) is 0 Å². The van der Waals surface area contributed by atoms with E-state index in [1.807, 2.05) is 6.92 Å². The predicted molar refractivity (Wildman–Crippen MR) is 112 cm³/mol. The fourth-order valence-electron chi connectivity index (χ4n) is 3.03. The van der Waals surface area contributed by atoms with Gasteiger partial charge in [0.2, 0.25) is 5.52 Å². The number of fused-ring (bicyclic) bond motifs is 1. The number of esters is 2. The first-order valence-corrected chi connectivity index (χ1v) is 9.59. The molecule has 0 amide bonds. The van der Waals surface area contributed by atoms with Gasteiger partial charge in [0.25, 0.3) is 0 Å². The van der Waals surface area contributed by atoms with Crippen LogP contribution in [0.25, 0.3) is 11.0 Å². The van der Waals surface area contributed by atoms with Crippen molar-refractivity contribution in [3.8, 4) is 17.2 Å². The van der Waals surface area contributed by atoms with Crippen molar-refractivity contribution < 1.29 is 38.0 Å². The minimum Gasteiger partial charge on any atom is -0.618 e. The second kappa shape index (κ2) is 9.82. The lowest BCUT2D eigenvalue weighted by atomic mass is 10.2. The molecular weight excluding hydrogens is 420 g/mol. The van der Waals surface area contributed by atoms with Crippen molar-refractivity contribution in [1.82, 2.24) is 4.98 Å². The third-order valence-corrected chi connectivity index (χ3v) is 4.55. The van der Waals surface area contributed by atoms with Crippen molar-refractivity contribution in [2.75, 3.05) is 27.9 Å². The fourth-order valence-corrected chi connectivity index (χ4v) is 3.03. The Kier molecular flexibility index (Phi) is 6.93. The van der Waals surface area contributed by atoms with Gasteiger partial charge >= 0.3 is 17.6 Å². The van der Waals surface area contributed by atoms with Crippen molar-refractivity contribution in [2.45, 2.75) is 13.5 Å². The molecule has 0 atom stereocenters. The SMILES string of the molecule is CCOc1ccc2nc(COC(=O)c3ccc(OC)c(OC)c3)c(C(=O)OC)[n+]([O-])c2c1. The lowest BCUT2D eigenvalue weighted by Crippen LogP contribution is -2.38. The molecule has 1 heterocycles. The zero-order valence-electron chi connectivity index (χ0n) is 18.0. The number of ether oxygens (including phenoxy) is 5. The Balaban J connectivity index is 1.94. The smallest absolute Gasteiger partial charge is 0.406 e. The number of carbonyl (C=O) groups is 2. The summed E-state index contributed by atoms with van der Waals surface area (Å²) in [7, 11) is 4.06. The van der Waals surface area contributed by atoms with Crippen LogP contribution >= 0.6 is 0 Å². The number of aromatic nitrogens is 2. The summed E-state index contributed by atoms with van der Waals surface area (Å²) in [6.07, 6.45) is 0. The van der Waals surface area contributed by atoms with Gasteiger partial charge in [0.05, 0.1) is 39.6 Å². The quantitative estimate of drug-likeness (QED) is 0.294. The standard InChI is InChI=1S/C22H22N2O8/c1-5-31-14-7-8-15-17(11-14)24(27)20(22(26)30-4)16(23-15)12-32-21(25)13-6-9-18(28-2)19(10-13)29-3/h6-11H,5,12H2,1-4H3. The summed E-state index contributed by atoms with van der Waals surface area (Å²) >= 11 is 0. The summed E-state index contributed by atoms with van der Waals surface area (Å²) in [5, 5.41) is 12.9. The van der Waals surface area contributed by atoms with Crippen LogP contribution in [-0.4, -0.2) is 44.9 Å². The van der Waals surface area contributed by atoms with Crippen molar-refractivity contribution in [3.63, 3.8) is 0 Å². The molecule has 0 aliphatic rings. The number of carbonyl (C=O) groups excluding carboxylic acids is 2. The molecular formula is C22H22N2O8. The van der Waals surface area contributed by atoms with E-state index in [9.17, 15) is 14.8 Å². The Morgan fingerprint density at radius 1 is 1.00 bits per heavy atom. The highest BCUT2D eigenvalue weighted by Gasteiger charge is 2.28. The maximum absolute atomic E-state index is 12.9. The Morgan fingerprint density at radius 2 is 1.75 bits per heavy atom. The summed E-state index contributed by atoms with van der Waals surface area (Å²) in [6.45, 7) is 1.79. The average molecular weight is 442 g/mol. The monoisotopic (exact) mass is 442 g/mol. The molecule has 0 spiro atoms. The third-order valence-electron chi connectivity index (χ3n) is 4.55. The molecule has 0 fully saturated rings. The van der Waals surface area contributed by atoms with E-state index in [-0.39, 0.29) is 22.5 Å². The van der Waals surface area contributed by atoms with Crippen LogP contribution in [0.1, 0.15) is 33.5 Å². The number of benzene rings is 2. The lowest BCUT2D eigenvalue weighted by molar-refractivity contribution is -0.581. The number of hydrogen-bond donors (Lipinski definition) is 0. The van der Waals surface area contributed by atoms with Gasteiger partial charge in [-0.15, -0.1) is 0 Å². The Labute approximate surface area is 183 Å². The molecule has 3 rings (SSSR count). The lowest BCUT2D eigenvalue weighted by Gasteiger charge is -2.12. The summed E-state index contributed by atoms with van der Waals surface area (Å²) in [5.74, 6) is -0.355. The van der Waals surface area contributed by atoms with Gasteiger partial charge < -0.3 is 28.9 Å². The van der Waals surface area contributed by atoms with E-state index in [0.717, 1.165) is 7.11 Å². The van der Waals surface area contributed by atoms with Gasteiger partial charge in [-0.25, -0.2) is 14.6 Å². The molecule has 1 aromatic heterocycles. The second-order valence-corrected chi connectivity index (χ2v) is 6.42. The van der Waals surface area contributed by atoms with E-state index in [2.05, 4.69) is 4.98 Å². The van der Waals surface area contributed by atoms with Gasteiger partial charge in [0, 0.05) is 0 Å². The van der Waals surface area contributed by atoms with Crippen molar-refractivity contribution in [2.24, 2.45) is 0 Å². The van der Waals surface area contributed by atoms with Crippen molar-refractivity contribution >= 4 is 23.0 Å². The first-order valence-electron chi connectivity index (χ1n) is 9.59. The van der Waals surface area contributed by atoms with E-state index in [1.54, 1.807) is 18.2 Å². The Morgan fingerprint density at radius 3 is 2.41 bits per heavy atom. The highest BCUT2D eigenvalue weighted by atomic mass is 16.5. The normalized spacial score (nSPS) is 10.5. The number of hydrogen-bond acceptors (Lipinski definition) is 9. The van der Waals surface area contributed by atoms with Crippen LogP contribution < -0.4 is 18.9 Å². The molecule has 0 bridgehead atoms. The largest absolute Gasteiger partial charge is 0.618 e. The minimum atomic E-state index is -0.909. The summed E-state index contributed by atoms with van der Waals surface area (Å²) in [4.78, 5) is 29.2. The number of methoxy groups -OCH3 is 3. The van der Waals surface area contributed by atoms with Crippen LogP contribution in [0, 0.1) is 5.21 Å². The molecule has 0 N–H and O–H groups in total. The van der Waals surface area contributed by atoms with Crippen molar-refractivity contribution in [3.05, 3.63) is 58.6 Å². The molecule has 10 heteroatoms. The van der Waals surface area contributed by atoms with E-state index >= 15 is 0 Å². The number of rotatable bonds is 8. The average Bonchev–Trinajstić information content (AvgIpc) is 2.82. The Bertz CT molecular complexity index is 1160. The predicted octanol–water partition coefficient (Wildman–Crippen LogP) is 2.43. The topological polar surface area (TPSA) is 120 Å². The molecule has 0 aliphatic carbocycles. The molecule has 0 aliphatic heterocycles. The summed E-state index contributed by atoms with van der Waals surface area (Å²) in [6, 6.07) is 9.22. The van der Waals surface area contributed by atoms with Gasteiger partial charge in [-0.05, 0) is 37.3 Å². The summed E-state index contributed by atoms with van der Waals surface area (Å²) < 4.78 is 26.2. The molecule has 2 aromatic carbocycles. The van der Waals surface area contributed by atoms with E-state index in [0.29, 0.717) is 34.1 Å². The number of nitrogens with zero attached hydrogens (tertiary/aromatic N) is 2. The van der Waals surface area contributed by atoms with Crippen LogP contribution in [-0.2, 0) is 16.1 Å². The zero-order valence-corrected chi connectivity index (χ0v) is 18.0. The third kappa shape index (κ3) is 4.48. The van der Waals surface area contributed by atoms with Crippen LogP contribution in [0.2, 0.25) is 0 Å². The minimum absolute atomic E-state index is 0.0441. The molecule has 32 heavy (non-hydrogen) atoms. The second-order valence-electron chi connectivity index (χ2n) is 6.42. The van der Waals surface area contributed by atoms with Gasteiger partial charge in [-0.2, -0.15) is 4.73 Å². The Hall–Kier alpha value is -4.08. The van der Waals surface area contributed by atoms with Crippen LogP contribution in [0.5, 0.6) is 17.2 Å². The van der Waals surface area contributed by atoms with Crippen LogP contribution in [0.3, 0.4) is 0 Å². The van der Waals surface area contributed by atoms with Gasteiger partial charge in [0.15, 0.2) is 17.2 Å². The maximum Gasteiger partial charge on any atom is 0.406 e. The van der Waals surface area contributed by atoms with Crippen LogP contribution in [0.4, 0.5) is 0 Å². The van der Waals surface area contributed by atoms with E-state index in [1.165, 1.54) is 32.4 Å². The first kappa shape index (κ1) is 22.6. The first-order chi connectivity index (χ1) is 15.4. The van der Waals surface area contributed by atoms with Gasteiger partial charge in [-0.3, -0.25) is 0 Å². The molecule has 0 unspecified atom stereocenters. The molecule has 0 saturated heterocycles. The maximum atomic E-state index is 12.9. The fraction of sp³-hybridized carbons (Fsp3) is 0.273. The van der Waals surface area contributed by atoms with Crippen LogP contribution in [0.15, 0.2) is 36.4 Å². The molecule has 0 saturated carbocycles. The molecule has 10 nitrogen and oxygen atoms in total. The molecule has 0 radical (unpaired) electrons. The van der Waals surface area contributed by atoms with Crippen molar-refractivity contribution in [1.29, 1.82) is 0 Å². The molecule has 168 valence electrons. The van der Waals surface area contributed by atoms with Gasteiger partial charge in [0.1, 0.15) is 17.9 Å².